The highest BCUT2D eigenvalue weighted by Crippen LogP contribution is 2.26. The number of aromatic nitrogens is 1. The predicted molar refractivity (Wildman–Crippen MR) is 121 cm³/mol. The number of hydrogen-bond donors (Lipinski definition) is 4. The maximum absolute atomic E-state index is 12.5. The Labute approximate surface area is 177 Å². The summed E-state index contributed by atoms with van der Waals surface area (Å²) in [5.41, 5.74) is 9.28. The van der Waals surface area contributed by atoms with Crippen molar-refractivity contribution in [3.63, 3.8) is 0 Å². The first kappa shape index (κ1) is 21.6. The van der Waals surface area contributed by atoms with Gasteiger partial charge < -0.3 is 21.4 Å². The van der Waals surface area contributed by atoms with Crippen LogP contribution in [0.1, 0.15) is 62.1 Å². The van der Waals surface area contributed by atoms with E-state index >= 15 is 0 Å². The van der Waals surface area contributed by atoms with Crippen molar-refractivity contribution in [2.24, 2.45) is 10.7 Å². The molecule has 1 aliphatic heterocycles. The van der Waals surface area contributed by atoms with Gasteiger partial charge in [-0.2, -0.15) is 0 Å². The Morgan fingerprint density at radius 1 is 1.07 bits per heavy atom. The molecule has 1 saturated heterocycles. The van der Waals surface area contributed by atoms with E-state index < -0.39 is 0 Å². The first-order valence-corrected chi connectivity index (χ1v) is 10.6. The summed E-state index contributed by atoms with van der Waals surface area (Å²) >= 11 is 0. The van der Waals surface area contributed by atoms with E-state index in [1.807, 2.05) is 18.2 Å². The van der Waals surface area contributed by atoms with E-state index in [1.165, 1.54) is 37.7 Å². The van der Waals surface area contributed by atoms with Crippen LogP contribution < -0.4 is 21.9 Å². The third-order valence-electron chi connectivity index (χ3n) is 5.79. The molecule has 2 aliphatic rings. The van der Waals surface area contributed by atoms with Crippen molar-refractivity contribution >= 4 is 17.2 Å². The molecule has 1 aliphatic carbocycles. The molecule has 2 heterocycles. The van der Waals surface area contributed by atoms with Gasteiger partial charge in [-0.15, -0.1) is 0 Å². The normalized spacial score (nSPS) is 19.7. The fourth-order valence-electron chi connectivity index (χ4n) is 4.27. The molecule has 1 saturated carbocycles. The molecular formula is C23H30N6O. The topological polar surface area (TPSA) is 119 Å². The van der Waals surface area contributed by atoms with E-state index in [9.17, 15) is 4.79 Å². The van der Waals surface area contributed by atoms with Crippen LogP contribution in [0.3, 0.4) is 0 Å². The number of hydrogen-bond acceptors (Lipinski definition) is 5. The summed E-state index contributed by atoms with van der Waals surface area (Å²) in [5.74, 6) is 0.243. The van der Waals surface area contributed by atoms with Crippen molar-refractivity contribution in [3.8, 4) is 6.57 Å². The Morgan fingerprint density at radius 3 is 2.47 bits per heavy atom. The van der Waals surface area contributed by atoms with Crippen LogP contribution in [0.2, 0.25) is 0 Å². The predicted octanol–water partition coefficient (Wildman–Crippen LogP) is 3.72. The molecule has 0 bridgehead atoms. The summed E-state index contributed by atoms with van der Waals surface area (Å²) in [6.45, 7) is 4.57. The highest BCUT2D eigenvalue weighted by molar-refractivity contribution is 6.03. The minimum atomic E-state index is -0.214. The lowest BCUT2D eigenvalue weighted by atomic mass is 9.95. The number of nitrogens with one attached hydrogen (secondary N) is 3. The van der Waals surface area contributed by atoms with Gasteiger partial charge in [0.1, 0.15) is 11.4 Å². The highest BCUT2D eigenvalue weighted by atomic mass is 16.1. The summed E-state index contributed by atoms with van der Waals surface area (Å²) in [7, 11) is 0. The lowest BCUT2D eigenvalue weighted by Gasteiger charge is -2.24. The number of H-pyrrole nitrogens is 1. The first-order valence-electron chi connectivity index (χ1n) is 10.6. The van der Waals surface area contributed by atoms with Crippen molar-refractivity contribution in [3.05, 3.63) is 58.0 Å². The van der Waals surface area contributed by atoms with E-state index in [0.29, 0.717) is 17.6 Å². The molecular weight excluding hydrogens is 376 g/mol. The summed E-state index contributed by atoms with van der Waals surface area (Å²) in [6.07, 6.45) is 10.0. The third kappa shape index (κ3) is 5.28. The SMILES string of the molecule is C#N.NC(=Nc1ccc([C@@H]2CCCN2)cc1)c1c(NC2CCCCC2)cc[nH]c1=O. The lowest BCUT2D eigenvalue weighted by Crippen LogP contribution is -2.29. The van der Waals surface area contributed by atoms with Gasteiger partial charge in [-0.1, -0.05) is 31.4 Å². The molecule has 0 unspecified atom stereocenters. The fourth-order valence-corrected chi connectivity index (χ4v) is 4.27. The number of amidine groups is 1. The molecule has 158 valence electrons. The third-order valence-corrected chi connectivity index (χ3v) is 5.79. The zero-order valence-electron chi connectivity index (χ0n) is 17.2. The van der Waals surface area contributed by atoms with Crippen molar-refractivity contribution in [1.82, 2.24) is 10.3 Å². The summed E-state index contributed by atoms with van der Waals surface area (Å²) in [6, 6.07) is 10.8. The second kappa shape index (κ2) is 10.6. The Kier molecular flexibility index (Phi) is 7.63. The van der Waals surface area contributed by atoms with Gasteiger partial charge in [0.05, 0.1) is 11.4 Å². The summed E-state index contributed by atoms with van der Waals surface area (Å²) < 4.78 is 0. The second-order valence-electron chi connectivity index (χ2n) is 7.81. The van der Waals surface area contributed by atoms with Crippen LogP contribution in [-0.4, -0.2) is 23.4 Å². The monoisotopic (exact) mass is 406 g/mol. The molecule has 7 heteroatoms. The number of rotatable bonds is 5. The molecule has 5 N–H and O–H groups in total. The number of benzene rings is 1. The van der Waals surface area contributed by atoms with Crippen LogP contribution in [0.4, 0.5) is 11.4 Å². The van der Waals surface area contributed by atoms with Crippen molar-refractivity contribution in [2.75, 3.05) is 11.9 Å². The van der Waals surface area contributed by atoms with Crippen LogP contribution in [0.15, 0.2) is 46.3 Å². The largest absolute Gasteiger partial charge is 0.383 e. The van der Waals surface area contributed by atoms with Crippen LogP contribution in [0, 0.1) is 11.8 Å². The Balaban J connectivity index is 0.00000124. The Morgan fingerprint density at radius 2 is 1.80 bits per heavy atom. The van der Waals surface area contributed by atoms with E-state index in [1.54, 1.807) is 6.20 Å². The van der Waals surface area contributed by atoms with Gasteiger partial charge in [0.15, 0.2) is 0 Å². The fraction of sp³-hybridized carbons (Fsp3) is 0.435. The molecule has 30 heavy (non-hydrogen) atoms. The van der Waals surface area contributed by atoms with Crippen molar-refractivity contribution < 1.29 is 0 Å². The minimum Gasteiger partial charge on any atom is -0.383 e. The summed E-state index contributed by atoms with van der Waals surface area (Å²) in [5, 5.41) is 13.5. The molecule has 7 nitrogen and oxygen atoms in total. The molecule has 1 atom stereocenters. The van der Waals surface area contributed by atoms with Gasteiger partial charge in [0, 0.05) is 24.9 Å². The van der Waals surface area contributed by atoms with Crippen molar-refractivity contribution in [1.29, 1.82) is 5.26 Å². The van der Waals surface area contributed by atoms with Gasteiger partial charge in [-0.05, 0) is 56.0 Å². The van der Waals surface area contributed by atoms with E-state index in [4.69, 9.17) is 11.0 Å². The van der Waals surface area contributed by atoms with Crippen LogP contribution in [0.5, 0.6) is 0 Å². The maximum Gasteiger partial charge on any atom is 0.261 e. The first-order chi connectivity index (χ1) is 14.7. The van der Waals surface area contributed by atoms with E-state index in [0.717, 1.165) is 30.8 Å². The van der Waals surface area contributed by atoms with E-state index in [-0.39, 0.29) is 11.4 Å². The van der Waals surface area contributed by atoms with Gasteiger partial charge in [-0.25, -0.2) is 10.3 Å². The molecule has 0 spiro atoms. The zero-order valence-corrected chi connectivity index (χ0v) is 17.2. The quantitative estimate of drug-likeness (QED) is 0.446. The van der Waals surface area contributed by atoms with Crippen molar-refractivity contribution in [2.45, 2.75) is 57.0 Å². The van der Waals surface area contributed by atoms with Crippen LogP contribution >= 0.6 is 0 Å². The average Bonchev–Trinajstić information content (AvgIpc) is 3.31. The standard InChI is InChI=1S/C22H29N5O.CHN/c23-21(27-17-10-8-15(9-11-17)18-7-4-13-24-18)20-19(12-14-25-22(20)28)26-16-5-2-1-3-6-16;1-2/h8-12,14,16,18,24H,1-7,13H2,(H2,23,27)(H2,25,26,28);1H/t18-;/m0./s1. The molecule has 2 fully saturated rings. The number of nitriles is 1. The molecule has 4 rings (SSSR count). The molecule has 0 amide bonds. The average molecular weight is 407 g/mol. The number of pyridine rings is 1. The van der Waals surface area contributed by atoms with Gasteiger partial charge in [0.25, 0.3) is 5.56 Å². The van der Waals surface area contributed by atoms with Crippen LogP contribution in [0.25, 0.3) is 0 Å². The van der Waals surface area contributed by atoms with Crippen LogP contribution in [-0.2, 0) is 0 Å². The minimum absolute atomic E-state index is 0.214. The molecule has 1 aromatic carbocycles. The highest BCUT2D eigenvalue weighted by Gasteiger charge is 2.18. The Hall–Kier alpha value is -3.11. The van der Waals surface area contributed by atoms with Gasteiger partial charge in [-0.3, -0.25) is 4.79 Å². The smallest absolute Gasteiger partial charge is 0.261 e. The van der Waals surface area contributed by atoms with Gasteiger partial charge in [0.2, 0.25) is 0 Å². The van der Waals surface area contributed by atoms with Gasteiger partial charge >= 0.3 is 0 Å². The number of nitrogens with two attached hydrogens (primary N) is 1. The Bertz CT molecular complexity index is 919. The van der Waals surface area contributed by atoms with E-state index in [2.05, 4.69) is 39.3 Å². The second-order valence-corrected chi connectivity index (χ2v) is 7.81. The molecule has 2 aromatic rings. The number of anilines is 1. The number of aromatic amines is 1. The molecule has 0 radical (unpaired) electrons. The maximum atomic E-state index is 12.5. The number of aliphatic imine (C=N–C) groups is 1. The summed E-state index contributed by atoms with van der Waals surface area (Å²) in [4.78, 5) is 19.7. The zero-order chi connectivity index (χ0) is 21.3. The lowest BCUT2D eigenvalue weighted by molar-refractivity contribution is 0.462. The molecule has 1 aromatic heterocycles. The number of nitrogens with zero attached hydrogens (tertiary/aromatic N) is 2.